The summed E-state index contributed by atoms with van der Waals surface area (Å²) in [6.45, 7) is 10.8. The molecule has 1 aliphatic heterocycles. The lowest BCUT2D eigenvalue weighted by Gasteiger charge is -2.51. The fraction of sp³-hybridized carbons (Fsp3) is 1.00. The molecule has 0 aromatic heterocycles. The van der Waals surface area contributed by atoms with Gasteiger partial charge in [-0.2, -0.15) is 0 Å². The largest absolute Gasteiger partial charge is 0.376 e. The molecule has 106 valence electrons. The Morgan fingerprint density at radius 1 is 1.33 bits per heavy atom. The summed E-state index contributed by atoms with van der Waals surface area (Å²) in [6.07, 6.45) is 5.39. The fourth-order valence-corrected chi connectivity index (χ4v) is 3.68. The monoisotopic (exact) mass is 254 g/mol. The van der Waals surface area contributed by atoms with E-state index in [2.05, 4.69) is 25.7 Å². The molecule has 3 nitrogen and oxygen atoms in total. The zero-order valence-electron chi connectivity index (χ0n) is 12.3. The van der Waals surface area contributed by atoms with Crippen LogP contribution in [0.25, 0.3) is 0 Å². The number of ether oxygens (including phenoxy) is 1. The van der Waals surface area contributed by atoms with Crippen LogP contribution in [0.3, 0.4) is 0 Å². The molecule has 1 aliphatic carbocycles. The quantitative estimate of drug-likeness (QED) is 0.839. The van der Waals surface area contributed by atoms with E-state index in [0.717, 1.165) is 44.5 Å². The summed E-state index contributed by atoms with van der Waals surface area (Å²) < 4.78 is 5.80. The van der Waals surface area contributed by atoms with Gasteiger partial charge >= 0.3 is 0 Å². The van der Waals surface area contributed by atoms with Crippen LogP contribution < -0.4 is 5.73 Å². The molecule has 3 heteroatoms. The topological polar surface area (TPSA) is 38.5 Å². The van der Waals surface area contributed by atoms with Gasteiger partial charge in [-0.15, -0.1) is 0 Å². The van der Waals surface area contributed by atoms with Crippen molar-refractivity contribution in [3.05, 3.63) is 0 Å². The van der Waals surface area contributed by atoms with Crippen molar-refractivity contribution in [2.45, 2.75) is 58.1 Å². The van der Waals surface area contributed by atoms with Gasteiger partial charge in [0.25, 0.3) is 0 Å². The first-order chi connectivity index (χ1) is 8.61. The van der Waals surface area contributed by atoms with Crippen molar-refractivity contribution in [1.82, 2.24) is 4.90 Å². The van der Waals surface area contributed by atoms with E-state index in [-0.39, 0.29) is 5.54 Å². The Morgan fingerprint density at radius 2 is 2.11 bits per heavy atom. The molecule has 18 heavy (non-hydrogen) atoms. The molecule has 4 atom stereocenters. The molecular formula is C15H30N2O. The fourth-order valence-electron chi connectivity index (χ4n) is 3.68. The molecule has 1 saturated heterocycles. The van der Waals surface area contributed by atoms with Crippen molar-refractivity contribution in [1.29, 1.82) is 0 Å². The second-order valence-electron chi connectivity index (χ2n) is 6.47. The van der Waals surface area contributed by atoms with Crippen LogP contribution in [-0.4, -0.2) is 42.8 Å². The molecule has 0 aromatic rings. The maximum absolute atomic E-state index is 6.18. The van der Waals surface area contributed by atoms with Gasteiger partial charge in [-0.05, 0) is 37.5 Å². The van der Waals surface area contributed by atoms with E-state index in [4.69, 9.17) is 10.5 Å². The molecule has 2 N–H and O–H groups in total. The van der Waals surface area contributed by atoms with Gasteiger partial charge < -0.3 is 10.5 Å². The van der Waals surface area contributed by atoms with Crippen molar-refractivity contribution in [3.63, 3.8) is 0 Å². The van der Waals surface area contributed by atoms with Gasteiger partial charge in [0, 0.05) is 25.2 Å². The Balaban J connectivity index is 2.07. The minimum atomic E-state index is 0.253. The minimum Gasteiger partial charge on any atom is -0.376 e. The molecule has 2 aliphatic rings. The highest BCUT2D eigenvalue weighted by molar-refractivity contribution is 4.98. The lowest BCUT2D eigenvalue weighted by atomic mass is 9.70. The average Bonchev–Trinajstić information content (AvgIpc) is 2.42. The van der Waals surface area contributed by atoms with Crippen molar-refractivity contribution < 1.29 is 4.74 Å². The number of hydrogen-bond acceptors (Lipinski definition) is 3. The van der Waals surface area contributed by atoms with Crippen molar-refractivity contribution in [2.75, 3.05) is 26.2 Å². The minimum absolute atomic E-state index is 0.253. The molecule has 0 bridgehead atoms. The maximum Gasteiger partial charge on any atom is 0.0700 e. The number of hydrogen-bond donors (Lipinski definition) is 1. The molecule has 1 heterocycles. The number of rotatable bonds is 3. The van der Waals surface area contributed by atoms with Gasteiger partial charge in [-0.3, -0.25) is 4.90 Å². The summed E-state index contributed by atoms with van der Waals surface area (Å²) in [6, 6.07) is 0. The van der Waals surface area contributed by atoms with E-state index in [0.29, 0.717) is 6.10 Å². The van der Waals surface area contributed by atoms with E-state index < -0.39 is 0 Å². The van der Waals surface area contributed by atoms with Gasteiger partial charge in [0.15, 0.2) is 0 Å². The number of nitrogens with two attached hydrogens (primary N) is 1. The molecule has 0 radical (unpaired) electrons. The second kappa shape index (κ2) is 5.89. The van der Waals surface area contributed by atoms with Gasteiger partial charge in [0.2, 0.25) is 0 Å². The Morgan fingerprint density at radius 3 is 2.72 bits per heavy atom. The highest BCUT2D eigenvalue weighted by Gasteiger charge is 2.42. The number of nitrogens with zero attached hydrogens (tertiary/aromatic N) is 1. The SMILES string of the molecule is CCC1CN(C2(CN)CCC(C)C(C)C2)CCO1. The van der Waals surface area contributed by atoms with Crippen LogP contribution in [0.2, 0.25) is 0 Å². The van der Waals surface area contributed by atoms with Crippen molar-refractivity contribution in [3.8, 4) is 0 Å². The molecule has 0 spiro atoms. The van der Waals surface area contributed by atoms with Crippen LogP contribution in [0.4, 0.5) is 0 Å². The third kappa shape index (κ3) is 2.73. The summed E-state index contributed by atoms with van der Waals surface area (Å²) in [4.78, 5) is 2.65. The standard InChI is InChI=1S/C15H30N2O/c1-4-14-10-17(7-8-18-14)15(11-16)6-5-12(2)13(3)9-15/h12-14H,4-11,16H2,1-3H3. The normalized spacial score (nSPS) is 43.0. The Hall–Kier alpha value is -0.120. The zero-order valence-corrected chi connectivity index (χ0v) is 12.3. The van der Waals surface area contributed by atoms with Gasteiger partial charge in [-0.1, -0.05) is 20.8 Å². The summed E-state index contributed by atoms with van der Waals surface area (Å²) >= 11 is 0. The van der Waals surface area contributed by atoms with Crippen LogP contribution >= 0.6 is 0 Å². The highest BCUT2D eigenvalue weighted by Crippen LogP contribution is 2.40. The van der Waals surface area contributed by atoms with Gasteiger partial charge in [0.05, 0.1) is 12.7 Å². The average molecular weight is 254 g/mol. The predicted molar refractivity (Wildman–Crippen MR) is 75.6 cm³/mol. The maximum atomic E-state index is 6.18. The molecule has 2 rings (SSSR count). The molecular weight excluding hydrogens is 224 g/mol. The highest BCUT2D eigenvalue weighted by atomic mass is 16.5. The lowest BCUT2D eigenvalue weighted by molar-refractivity contribution is -0.0866. The van der Waals surface area contributed by atoms with E-state index >= 15 is 0 Å². The van der Waals surface area contributed by atoms with Gasteiger partial charge in [0.1, 0.15) is 0 Å². The first-order valence-electron chi connectivity index (χ1n) is 7.68. The Labute approximate surface area is 112 Å². The summed E-state index contributed by atoms with van der Waals surface area (Å²) in [5, 5.41) is 0. The third-order valence-electron chi connectivity index (χ3n) is 5.38. The summed E-state index contributed by atoms with van der Waals surface area (Å²) in [5.41, 5.74) is 6.43. The molecule has 1 saturated carbocycles. The van der Waals surface area contributed by atoms with E-state index in [1.54, 1.807) is 0 Å². The lowest BCUT2D eigenvalue weighted by Crippen LogP contribution is -2.61. The zero-order chi connectivity index (χ0) is 13.2. The Kier molecular flexibility index (Phi) is 4.68. The predicted octanol–water partition coefficient (Wildman–Crippen LogP) is 2.25. The van der Waals surface area contributed by atoms with Crippen LogP contribution in [0, 0.1) is 11.8 Å². The smallest absolute Gasteiger partial charge is 0.0700 e. The van der Waals surface area contributed by atoms with Gasteiger partial charge in [-0.25, -0.2) is 0 Å². The van der Waals surface area contributed by atoms with E-state index in [9.17, 15) is 0 Å². The Bertz CT molecular complexity index is 271. The van der Waals surface area contributed by atoms with Crippen molar-refractivity contribution in [2.24, 2.45) is 17.6 Å². The molecule has 0 amide bonds. The van der Waals surface area contributed by atoms with Crippen LogP contribution in [0.1, 0.15) is 46.5 Å². The first kappa shape index (κ1) is 14.3. The number of morpholine rings is 1. The van der Waals surface area contributed by atoms with E-state index in [1.807, 2.05) is 0 Å². The van der Waals surface area contributed by atoms with Crippen molar-refractivity contribution >= 4 is 0 Å². The summed E-state index contributed by atoms with van der Waals surface area (Å²) in [7, 11) is 0. The third-order valence-corrected chi connectivity index (χ3v) is 5.38. The first-order valence-corrected chi connectivity index (χ1v) is 7.68. The van der Waals surface area contributed by atoms with E-state index in [1.165, 1.54) is 19.3 Å². The molecule has 2 fully saturated rings. The molecule has 4 unspecified atom stereocenters. The summed E-state index contributed by atoms with van der Waals surface area (Å²) in [5.74, 6) is 1.65. The van der Waals surface area contributed by atoms with Crippen LogP contribution in [0.5, 0.6) is 0 Å². The molecule has 0 aromatic carbocycles. The second-order valence-corrected chi connectivity index (χ2v) is 6.47. The van der Waals surface area contributed by atoms with Crippen LogP contribution in [0.15, 0.2) is 0 Å². The van der Waals surface area contributed by atoms with Crippen LogP contribution in [-0.2, 0) is 4.74 Å².